The molecule has 3 nitrogen and oxygen atoms in total. The van der Waals surface area contributed by atoms with Crippen LogP contribution in [0.1, 0.15) is 0 Å². The quantitative estimate of drug-likeness (QED) is 0.233. The van der Waals surface area contributed by atoms with Gasteiger partial charge in [0, 0.05) is 26.9 Å². The van der Waals surface area contributed by atoms with Crippen molar-refractivity contribution in [1.82, 2.24) is 9.13 Å². The summed E-state index contributed by atoms with van der Waals surface area (Å²) in [5, 5.41) is 7.15. The van der Waals surface area contributed by atoms with E-state index in [1.807, 2.05) is 6.07 Å². The van der Waals surface area contributed by atoms with Crippen LogP contribution >= 0.6 is 0 Å². The highest BCUT2D eigenvalue weighted by Gasteiger charge is 2.21. The third-order valence-corrected chi connectivity index (χ3v) is 8.12. The Labute approximate surface area is 223 Å². The molecule has 0 aliphatic rings. The summed E-state index contributed by atoms with van der Waals surface area (Å²) in [5.74, 6) is 0. The van der Waals surface area contributed by atoms with E-state index in [0.29, 0.717) is 0 Å². The van der Waals surface area contributed by atoms with Crippen LogP contribution in [-0.4, -0.2) is 9.13 Å². The Balaban J connectivity index is 1.45. The van der Waals surface area contributed by atoms with Crippen molar-refractivity contribution in [2.24, 2.45) is 0 Å². The minimum atomic E-state index is 0.919. The van der Waals surface area contributed by atoms with Crippen molar-refractivity contribution in [3.05, 3.63) is 133 Å². The Morgan fingerprint density at radius 1 is 0.359 bits per heavy atom. The number of furan rings is 1. The molecule has 0 spiro atoms. The van der Waals surface area contributed by atoms with Crippen LogP contribution in [0, 0.1) is 0 Å². The van der Waals surface area contributed by atoms with Crippen LogP contribution in [0.3, 0.4) is 0 Å². The fourth-order valence-electron chi connectivity index (χ4n) is 6.52. The van der Waals surface area contributed by atoms with E-state index in [1.165, 1.54) is 27.2 Å². The molecule has 0 amide bonds. The van der Waals surface area contributed by atoms with Gasteiger partial charge in [-0.15, -0.1) is 0 Å². The van der Waals surface area contributed by atoms with Gasteiger partial charge in [-0.3, -0.25) is 0 Å². The van der Waals surface area contributed by atoms with E-state index in [-0.39, 0.29) is 0 Å². The zero-order valence-corrected chi connectivity index (χ0v) is 21.0. The minimum Gasteiger partial charge on any atom is -0.455 e. The highest BCUT2D eigenvalue weighted by atomic mass is 16.3. The highest BCUT2D eigenvalue weighted by molar-refractivity contribution is 6.24. The molecule has 0 bridgehead atoms. The van der Waals surface area contributed by atoms with Gasteiger partial charge in [0.1, 0.15) is 11.2 Å². The molecule has 39 heavy (non-hydrogen) atoms. The zero-order valence-electron chi connectivity index (χ0n) is 21.0. The summed E-state index contributed by atoms with van der Waals surface area (Å²) in [4.78, 5) is 0. The predicted molar refractivity (Wildman–Crippen MR) is 162 cm³/mol. The number of rotatable bonds is 2. The normalized spacial score (nSPS) is 12.1. The lowest BCUT2D eigenvalue weighted by Crippen LogP contribution is -2.03. The average molecular weight is 499 g/mol. The maximum absolute atomic E-state index is 6.52. The van der Waals surface area contributed by atoms with E-state index < -0.39 is 0 Å². The Hall–Kier alpha value is -5.28. The number of hydrogen-bond donors (Lipinski definition) is 0. The van der Waals surface area contributed by atoms with Crippen LogP contribution < -0.4 is 0 Å². The SMILES string of the molecule is c1ccc(-n2c3ccccc3c3c4oc5ccccc5c4ccc32)c(-n2c3ccccc3c3ccccc32)c1. The first-order valence-electron chi connectivity index (χ1n) is 13.3. The van der Waals surface area contributed by atoms with E-state index in [4.69, 9.17) is 4.42 Å². The zero-order chi connectivity index (χ0) is 25.5. The fourth-order valence-corrected chi connectivity index (χ4v) is 6.52. The molecule has 0 N–H and O–H groups in total. The molecular weight excluding hydrogens is 476 g/mol. The lowest BCUT2D eigenvalue weighted by molar-refractivity contribution is 0.673. The van der Waals surface area contributed by atoms with Crippen molar-refractivity contribution in [2.75, 3.05) is 0 Å². The summed E-state index contributed by atoms with van der Waals surface area (Å²) in [7, 11) is 0. The number of nitrogens with zero attached hydrogens (tertiary/aromatic N) is 2. The summed E-state index contributed by atoms with van der Waals surface area (Å²) < 4.78 is 11.3. The number of aromatic nitrogens is 2. The largest absolute Gasteiger partial charge is 0.455 e. The molecule has 3 heterocycles. The van der Waals surface area contributed by atoms with E-state index in [1.54, 1.807) is 0 Å². The fraction of sp³-hybridized carbons (Fsp3) is 0. The maximum Gasteiger partial charge on any atom is 0.145 e. The lowest BCUT2D eigenvalue weighted by atomic mass is 10.1. The smallest absolute Gasteiger partial charge is 0.145 e. The van der Waals surface area contributed by atoms with Crippen molar-refractivity contribution < 1.29 is 4.42 Å². The van der Waals surface area contributed by atoms with E-state index in [9.17, 15) is 0 Å². The highest BCUT2D eigenvalue weighted by Crippen LogP contribution is 2.42. The molecule has 0 aliphatic carbocycles. The van der Waals surface area contributed by atoms with Crippen molar-refractivity contribution in [3.8, 4) is 11.4 Å². The topological polar surface area (TPSA) is 23.0 Å². The number of para-hydroxylation sites is 6. The van der Waals surface area contributed by atoms with Crippen LogP contribution in [-0.2, 0) is 0 Å². The molecule has 6 aromatic carbocycles. The van der Waals surface area contributed by atoms with Crippen LogP contribution in [0.5, 0.6) is 0 Å². The van der Waals surface area contributed by atoms with Gasteiger partial charge in [0.2, 0.25) is 0 Å². The van der Waals surface area contributed by atoms with Crippen LogP contribution in [0.4, 0.5) is 0 Å². The maximum atomic E-state index is 6.52. The third kappa shape index (κ3) is 2.71. The molecule has 3 heteroatoms. The van der Waals surface area contributed by atoms with Gasteiger partial charge in [-0.2, -0.15) is 0 Å². The predicted octanol–water partition coefficient (Wildman–Crippen LogP) is 9.78. The molecule has 0 unspecified atom stereocenters. The molecule has 0 aliphatic heterocycles. The van der Waals surface area contributed by atoms with Crippen LogP contribution in [0.15, 0.2) is 138 Å². The Bertz CT molecular complexity index is 2350. The summed E-state index contributed by atoms with van der Waals surface area (Å²) in [6.07, 6.45) is 0. The third-order valence-electron chi connectivity index (χ3n) is 8.12. The number of hydrogen-bond acceptors (Lipinski definition) is 1. The van der Waals surface area contributed by atoms with E-state index >= 15 is 0 Å². The second-order valence-corrected chi connectivity index (χ2v) is 10.1. The second-order valence-electron chi connectivity index (χ2n) is 10.1. The molecule has 0 radical (unpaired) electrons. The summed E-state index contributed by atoms with van der Waals surface area (Å²) in [5.41, 5.74) is 8.83. The van der Waals surface area contributed by atoms with Crippen molar-refractivity contribution in [2.45, 2.75) is 0 Å². The second kappa shape index (κ2) is 7.62. The van der Waals surface area contributed by atoms with Gasteiger partial charge in [0.15, 0.2) is 0 Å². The summed E-state index contributed by atoms with van der Waals surface area (Å²) >= 11 is 0. The van der Waals surface area contributed by atoms with Gasteiger partial charge in [-0.25, -0.2) is 0 Å². The van der Waals surface area contributed by atoms with Crippen LogP contribution in [0.25, 0.3) is 76.9 Å². The molecule has 0 saturated carbocycles. The Morgan fingerprint density at radius 2 is 0.846 bits per heavy atom. The monoisotopic (exact) mass is 498 g/mol. The van der Waals surface area contributed by atoms with Crippen molar-refractivity contribution in [1.29, 1.82) is 0 Å². The molecule has 9 aromatic rings. The molecule has 182 valence electrons. The molecular formula is C36H22N2O. The first-order chi connectivity index (χ1) is 19.4. The molecule has 0 atom stereocenters. The molecule has 9 rings (SSSR count). The van der Waals surface area contributed by atoms with Gasteiger partial charge in [0.25, 0.3) is 0 Å². The van der Waals surface area contributed by atoms with Gasteiger partial charge in [-0.05, 0) is 48.5 Å². The average Bonchev–Trinajstić information content (AvgIpc) is 3.65. The summed E-state index contributed by atoms with van der Waals surface area (Å²) in [6, 6.07) is 47.5. The standard InChI is InChI=1S/C36H22N2O/c1-5-15-28-23(11-1)24-12-2-6-16-29(24)37(28)31-18-8-9-19-32(31)38-30-17-7-3-14-27(30)35-33(38)22-21-26-25-13-4-10-20-34(25)39-36(26)35/h1-22H. The van der Waals surface area contributed by atoms with Gasteiger partial charge < -0.3 is 13.6 Å². The Kier molecular flexibility index (Phi) is 4.05. The van der Waals surface area contributed by atoms with Crippen molar-refractivity contribution >= 4 is 65.6 Å². The lowest BCUT2D eigenvalue weighted by Gasteiger charge is -2.16. The Morgan fingerprint density at radius 3 is 1.51 bits per heavy atom. The number of fused-ring (bicyclic) bond motifs is 10. The first kappa shape index (κ1) is 20.7. The molecule has 0 fully saturated rings. The summed E-state index contributed by atoms with van der Waals surface area (Å²) in [6.45, 7) is 0. The van der Waals surface area contributed by atoms with Gasteiger partial charge in [0.05, 0.1) is 38.8 Å². The minimum absolute atomic E-state index is 0.919. The molecule has 3 aromatic heterocycles. The van der Waals surface area contributed by atoms with Gasteiger partial charge >= 0.3 is 0 Å². The van der Waals surface area contributed by atoms with E-state index in [2.05, 4.69) is 137 Å². The first-order valence-corrected chi connectivity index (χ1v) is 13.3. The van der Waals surface area contributed by atoms with Gasteiger partial charge in [-0.1, -0.05) is 84.9 Å². The van der Waals surface area contributed by atoms with E-state index in [0.717, 1.165) is 49.7 Å². The van der Waals surface area contributed by atoms with Crippen LogP contribution in [0.2, 0.25) is 0 Å². The number of benzene rings is 6. The molecule has 0 saturated heterocycles. The van der Waals surface area contributed by atoms with Crippen molar-refractivity contribution in [3.63, 3.8) is 0 Å².